The number of hydrogen-bond donors (Lipinski definition) is 1. The van der Waals surface area contributed by atoms with Crippen LogP contribution in [0.4, 0.5) is 23.2 Å². The molecular weight excluding hydrogens is 290 g/mol. The second-order valence-electron chi connectivity index (χ2n) is 4.31. The van der Waals surface area contributed by atoms with Crippen molar-refractivity contribution in [2.24, 2.45) is 0 Å². The van der Waals surface area contributed by atoms with Gasteiger partial charge in [0.1, 0.15) is 0 Å². The van der Waals surface area contributed by atoms with E-state index in [1.54, 1.807) is 34.7 Å². The van der Waals surface area contributed by atoms with Crippen LogP contribution in [0.25, 0.3) is 0 Å². The van der Waals surface area contributed by atoms with Crippen LogP contribution in [0.5, 0.6) is 0 Å². The van der Waals surface area contributed by atoms with Crippen LogP contribution in [-0.4, -0.2) is 27.8 Å². The van der Waals surface area contributed by atoms with E-state index in [0.29, 0.717) is 12.1 Å². The number of halogens is 4. The Bertz CT molecular complexity index is 614. The summed E-state index contributed by atoms with van der Waals surface area (Å²) in [5.41, 5.74) is 0.726. The van der Waals surface area contributed by atoms with Gasteiger partial charge in [0, 0.05) is 24.6 Å². The minimum Gasteiger partial charge on any atom is -0.333 e. The lowest BCUT2D eigenvalue weighted by Crippen LogP contribution is -2.40. The molecule has 0 aliphatic heterocycles. The van der Waals surface area contributed by atoms with E-state index in [0.717, 1.165) is 0 Å². The Morgan fingerprint density at radius 2 is 2.14 bits per heavy atom. The first kappa shape index (κ1) is 15.0. The van der Waals surface area contributed by atoms with E-state index in [1.165, 1.54) is 18.2 Å². The summed E-state index contributed by atoms with van der Waals surface area (Å²) in [6.07, 6.45) is 0.799. The molecule has 0 bridgehead atoms. The first-order valence-corrected chi connectivity index (χ1v) is 5.91. The third-order valence-corrected chi connectivity index (χ3v) is 2.69. The Hall–Kier alpha value is -2.38. The summed E-state index contributed by atoms with van der Waals surface area (Å²) in [5, 5.41) is 1.79. The van der Waals surface area contributed by atoms with Crippen LogP contribution in [0.15, 0.2) is 43.0 Å². The Kier molecular flexibility index (Phi) is 4.25. The second kappa shape index (κ2) is 5.94. The molecule has 2 rings (SSSR count). The zero-order valence-electron chi connectivity index (χ0n) is 10.6. The molecule has 21 heavy (non-hydrogen) atoms. The maximum absolute atomic E-state index is 12.9. The van der Waals surface area contributed by atoms with Crippen LogP contribution in [-0.2, 0) is 11.3 Å². The molecule has 1 aromatic heterocycles. The van der Waals surface area contributed by atoms with Crippen LogP contribution in [0.1, 0.15) is 5.56 Å². The maximum atomic E-state index is 12.9. The van der Waals surface area contributed by atoms with Crippen LogP contribution >= 0.6 is 0 Å². The quantitative estimate of drug-likeness (QED) is 0.863. The molecule has 2 aromatic rings. The Morgan fingerprint density at radius 1 is 1.38 bits per heavy atom. The fourth-order valence-corrected chi connectivity index (χ4v) is 1.65. The highest BCUT2D eigenvalue weighted by molar-refractivity contribution is 5.96. The summed E-state index contributed by atoms with van der Waals surface area (Å²) in [6.45, 7) is 0.412. The lowest BCUT2D eigenvalue weighted by molar-refractivity contribution is -0.163. The van der Waals surface area contributed by atoms with Crippen molar-refractivity contribution in [1.82, 2.24) is 9.55 Å². The molecule has 0 aliphatic rings. The highest BCUT2D eigenvalue weighted by Gasteiger charge is 2.48. The fraction of sp³-hybridized carbons (Fsp3) is 0.231. The van der Waals surface area contributed by atoms with Gasteiger partial charge >= 0.3 is 18.3 Å². The number of anilines is 1. The monoisotopic (exact) mass is 301 g/mol. The predicted molar refractivity (Wildman–Crippen MR) is 67.4 cm³/mol. The van der Waals surface area contributed by atoms with Crippen molar-refractivity contribution >= 4 is 11.6 Å². The van der Waals surface area contributed by atoms with Gasteiger partial charge < -0.3 is 9.88 Å². The summed E-state index contributed by atoms with van der Waals surface area (Å²) in [5.74, 6) is -6.75. The average Bonchev–Trinajstić information content (AvgIpc) is 2.91. The summed E-state index contributed by atoms with van der Waals surface area (Å²) >= 11 is 0. The number of alkyl halides is 4. The lowest BCUT2D eigenvalue weighted by Gasteiger charge is -2.15. The highest BCUT2D eigenvalue weighted by Crippen LogP contribution is 2.25. The summed E-state index contributed by atoms with van der Waals surface area (Å²) in [6, 6.07) is 6.01. The van der Waals surface area contributed by atoms with E-state index in [4.69, 9.17) is 0 Å². The predicted octanol–water partition coefficient (Wildman–Crippen LogP) is 2.77. The van der Waals surface area contributed by atoms with Crippen molar-refractivity contribution < 1.29 is 22.4 Å². The normalized spacial score (nSPS) is 11.7. The number of benzene rings is 1. The molecule has 0 atom stereocenters. The van der Waals surface area contributed by atoms with E-state index >= 15 is 0 Å². The van der Waals surface area contributed by atoms with Crippen molar-refractivity contribution in [3.63, 3.8) is 0 Å². The highest BCUT2D eigenvalue weighted by atomic mass is 19.3. The first-order valence-electron chi connectivity index (χ1n) is 5.91. The largest absolute Gasteiger partial charge is 0.383 e. The molecule has 4 nitrogen and oxygen atoms in total. The van der Waals surface area contributed by atoms with E-state index in [1.807, 2.05) is 0 Å². The number of nitrogens with one attached hydrogen (secondary N) is 1. The number of imidazole rings is 1. The van der Waals surface area contributed by atoms with Gasteiger partial charge in [0.15, 0.2) is 0 Å². The lowest BCUT2D eigenvalue weighted by atomic mass is 10.2. The molecule has 1 aromatic carbocycles. The average molecular weight is 301 g/mol. The molecule has 112 valence electrons. The van der Waals surface area contributed by atoms with Crippen LogP contribution < -0.4 is 5.32 Å². The number of carbonyl (C=O) groups excluding carboxylic acids is 1. The SMILES string of the molecule is O=C(Nc1cccc(Cn2ccnc2)c1)C(F)(F)C(F)F. The van der Waals surface area contributed by atoms with Crippen molar-refractivity contribution in [3.8, 4) is 0 Å². The first-order chi connectivity index (χ1) is 9.89. The molecule has 1 N–H and O–H groups in total. The summed E-state index contributed by atoms with van der Waals surface area (Å²) < 4.78 is 51.6. The van der Waals surface area contributed by atoms with E-state index in [2.05, 4.69) is 4.98 Å². The molecule has 8 heteroatoms. The summed E-state index contributed by atoms with van der Waals surface area (Å²) in [4.78, 5) is 15.0. The summed E-state index contributed by atoms with van der Waals surface area (Å²) in [7, 11) is 0. The van der Waals surface area contributed by atoms with Gasteiger partial charge in [-0.25, -0.2) is 13.8 Å². The van der Waals surface area contributed by atoms with Crippen LogP contribution in [0.2, 0.25) is 0 Å². The molecular formula is C13H11F4N3O. The van der Waals surface area contributed by atoms with Crippen molar-refractivity contribution in [2.45, 2.75) is 18.9 Å². The molecule has 1 amide bonds. The van der Waals surface area contributed by atoms with Gasteiger partial charge in [-0.2, -0.15) is 8.78 Å². The van der Waals surface area contributed by atoms with Gasteiger partial charge in [0.25, 0.3) is 0 Å². The number of nitrogens with zero attached hydrogens (tertiary/aromatic N) is 2. The third kappa shape index (κ3) is 3.59. The Morgan fingerprint density at radius 3 is 2.76 bits per heavy atom. The number of amides is 1. The van der Waals surface area contributed by atoms with Crippen LogP contribution in [0, 0.1) is 0 Å². The molecule has 0 aliphatic carbocycles. The number of rotatable bonds is 5. The fourth-order valence-electron chi connectivity index (χ4n) is 1.65. The van der Waals surface area contributed by atoms with Crippen molar-refractivity contribution in [3.05, 3.63) is 48.5 Å². The van der Waals surface area contributed by atoms with Gasteiger partial charge in [-0.05, 0) is 17.7 Å². The minimum absolute atomic E-state index is 0.0259. The zero-order valence-corrected chi connectivity index (χ0v) is 10.6. The van der Waals surface area contributed by atoms with Gasteiger partial charge in [-0.15, -0.1) is 0 Å². The number of carbonyl (C=O) groups is 1. The van der Waals surface area contributed by atoms with E-state index in [9.17, 15) is 22.4 Å². The zero-order chi connectivity index (χ0) is 15.5. The molecule has 0 saturated heterocycles. The molecule has 1 heterocycles. The molecule has 0 fully saturated rings. The molecule has 0 saturated carbocycles. The third-order valence-electron chi connectivity index (χ3n) is 2.69. The number of aromatic nitrogens is 2. The number of hydrogen-bond acceptors (Lipinski definition) is 2. The maximum Gasteiger partial charge on any atom is 0.383 e. The van der Waals surface area contributed by atoms with Gasteiger partial charge in [0.2, 0.25) is 0 Å². The Labute approximate surface area is 117 Å². The molecule has 0 unspecified atom stereocenters. The Balaban J connectivity index is 2.09. The molecule has 0 spiro atoms. The minimum atomic E-state index is -4.72. The standard InChI is InChI=1S/C13H11F4N3O/c14-11(15)13(16,17)12(21)19-10-3-1-2-9(6-10)7-20-5-4-18-8-20/h1-6,8,11H,7H2,(H,19,21). The van der Waals surface area contributed by atoms with Gasteiger partial charge in [-0.1, -0.05) is 12.1 Å². The topological polar surface area (TPSA) is 46.9 Å². The van der Waals surface area contributed by atoms with Crippen molar-refractivity contribution in [2.75, 3.05) is 5.32 Å². The van der Waals surface area contributed by atoms with E-state index < -0.39 is 18.3 Å². The van der Waals surface area contributed by atoms with Gasteiger partial charge in [0.05, 0.1) is 6.33 Å². The molecule has 0 radical (unpaired) electrons. The van der Waals surface area contributed by atoms with Crippen LogP contribution in [0.3, 0.4) is 0 Å². The van der Waals surface area contributed by atoms with Gasteiger partial charge in [-0.3, -0.25) is 4.79 Å². The smallest absolute Gasteiger partial charge is 0.333 e. The second-order valence-corrected chi connectivity index (χ2v) is 4.31. The van der Waals surface area contributed by atoms with Crippen molar-refractivity contribution in [1.29, 1.82) is 0 Å². The van der Waals surface area contributed by atoms with E-state index in [-0.39, 0.29) is 5.69 Å².